The van der Waals surface area contributed by atoms with E-state index in [1.54, 1.807) is 0 Å². The van der Waals surface area contributed by atoms with Crippen molar-refractivity contribution in [3.8, 4) is 0 Å². The molecule has 0 aliphatic carbocycles. The van der Waals surface area contributed by atoms with Gasteiger partial charge in [-0.05, 0) is 58.3 Å². The Kier molecular flexibility index (Phi) is 20.3. The second-order valence-corrected chi connectivity index (χ2v) is 9.73. The summed E-state index contributed by atoms with van der Waals surface area (Å²) in [6, 6.07) is 0.245. The molecule has 212 valence electrons. The zero-order chi connectivity index (χ0) is 26.3. The van der Waals surface area contributed by atoms with Crippen molar-refractivity contribution >= 4 is 12.1 Å². The lowest BCUT2D eigenvalue weighted by Gasteiger charge is -2.18. The minimum Gasteiger partial charge on any atom is -0.336 e. The summed E-state index contributed by atoms with van der Waals surface area (Å²) in [5.41, 5.74) is 10.9. The first kappa shape index (κ1) is 32.4. The van der Waals surface area contributed by atoms with E-state index in [9.17, 15) is 9.59 Å². The maximum atomic E-state index is 11.9. The molecule has 10 heteroatoms. The molecule has 36 heavy (non-hydrogen) atoms. The Balaban J connectivity index is 0.000000360. The maximum absolute atomic E-state index is 11.9. The van der Waals surface area contributed by atoms with Crippen molar-refractivity contribution in [2.75, 3.05) is 85.1 Å². The predicted molar refractivity (Wildman–Crippen MR) is 149 cm³/mol. The summed E-state index contributed by atoms with van der Waals surface area (Å²) < 4.78 is 0. The summed E-state index contributed by atoms with van der Waals surface area (Å²) in [5, 5.41) is 9.68. The van der Waals surface area contributed by atoms with Gasteiger partial charge in [-0.15, -0.1) is 0 Å². The van der Waals surface area contributed by atoms with Crippen LogP contribution < -0.4 is 27.4 Å². The maximum Gasteiger partial charge on any atom is 0.320 e. The van der Waals surface area contributed by atoms with Gasteiger partial charge in [0.2, 0.25) is 0 Å². The highest BCUT2D eigenvalue weighted by molar-refractivity contribution is 5.76. The zero-order valence-corrected chi connectivity index (χ0v) is 23.1. The molecule has 0 unspecified atom stereocenters. The van der Waals surface area contributed by atoms with E-state index < -0.39 is 0 Å². The van der Waals surface area contributed by atoms with Gasteiger partial charge in [-0.2, -0.15) is 0 Å². The van der Waals surface area contributed by atoms with Gasteiger partial charge in [-0.25, -0.2) is 9.59 Å². The standard InChI is InChI=1S/C14H29N3O.C12H27N5O/c1-2-3-4-6-9-15-10-7-5-8-12-17-13-11-16-14(17)18;13-4-2-1-3-6-15-7-9-17-11-10-16(8-5-14)12(17)18/h15H,2-13H2,1H3,(H,16,18);15H,1-11,13-14H2. The lowest BCUT2D eigenvalue weighted by Crippen LogP contribution is -2.38. The third-order valence-corrected chi connectivity index (χ3v) is 6.63. The Morgan fingerprint density at radius 1 is 0.667 bits per heavy atom. The van der Waals surface area contributed by atoms with Gasteiger partial charge in [-0.3, -0.25) is 0 Å². The highest BCUT2D eigenvalue weighted by atomic mass is 16.2. The van der Waals surface area contributed by atoms with Crippen molar-refractivity contribution in [2.45, 2.75) is 71.1 Å². The average Bonchev–Trinajstić information content (AvgIpc) is 3.45. The van der Waals surface area contributed by atoms with Crippen molar-refractivity contribution < 1.29 is 9.59 Å². The number of hydrogen-bond donors (Lipinski definition) is 5. The lowest BCUT2D eigenvalue weighted by atomic mass is 10.2. The van der Waals surface area contributed by atoms with Crippen LogP contribution in [0.25, 0.3) is 0 Å². The summed E-state index contributed by atoms with van der Waals surface area (Å²) in [4.78, 5) is 28.8. The fourth-order valence-electron chi connectivity index (χ4n) is 4.37. The van der Waals surface area contributed by atoms with E-state index in [1.807, 2.05) is 14.7 Å². The van der Waals surface area contributed by atoms with Gasteiger partial charge in [0.05, 0.1) is 0 Å². The number of rotatable bonds is 21. The van der Waals surface area contributed by atoms with Crippen LogP contribution in [0, 0.1) is 0 Å². The molecule has 0 radical (unpaired) electrons. The number of urea groups is 2. The molecule has 2 saturated heterocycles. The van der Waals surface area contributed by atoms with Crippen LogP contribution in [-0.2, 0) is 0 Å². The Morgan fingerprint density at radius 3 is 1.86 bits per heavy atom. The smallest absolute Gasteiger partial charge is 0.320 e. The number of nitrogens with two attached hydrogens (primary N) is 2. The van der Waals surface area contributed by atoms with Gasteiger partial charge >= 0.3 is 12.1 Å². The van der Waals surface area contributed by atoms with Gasteiger partial charge in [0, 0.05) is 58.9 Å². The molecule has 0 aromatic carbocycles. The monoisotopic (exact) mass is 512 g/mol. The van der Waals surface area contributed by atoms with E-state index in [0.717, 1.165) is 91.3 Å². The number of carbonyl (C=O) groups is 2. The summed E-state index contributed by atoms with van der Waals surface area (Å²) >= 11 is 0. The Labute approximate surface area is 220 Å². The van der Waals surface area contributed by atoms with Crippen molar-refractivity contribution in [1.82, 2.24) is 30.7 Å². The van der Waals surface area contributed by atoms with Crippen LogP contribution in [0.3, 0.4) is 0 Å². The molecule has 0 aromatic rings. The van der Waals surface area contributed by atoms with Gasteiger partial charge in [-0.1, -0.05) is 39.0 Å². The molecule has 7 N–H and O–H groups in total. The topological polar surface area (TPSA) is 132 Å². The molecule has 2 aliphatic rings. The third-order valence-electron chi connectivity index (χ3n) is 6.63. The molecule has 10 nitrogen and oxygen atoms in total. The molecule has 0 atom stereocenters. The van der Waals surface area contributed by atoms with Crippen LogP contribution in [0.2, 0.25) is 0 Å². The SMILES string of the molecule is CCCCCCNCCCCCN1CCNC1=O.NCCCCCNCCN1CCN(CCN)C1=O. The largest absolute Gasteiger partial charge is 0.336 e. The van der Waals surface area contributed by atoms with Crippen molar-refractivity contribution in [3.05, 3.63) is 0 Å². The minimum absolute atomic E-state index is 0.115. The number of hydrogen-bond acceptors (Lipinski definition) is 6. The van der Waals surface area contributed by atoms with Crippen LogP contribution in [-0.4, -0.2) is 112 Å². The average molecular weight is 513 g/mol. The number of amides is 4. The normalized spacial score (nSPS) is 15.5. The first-order valence-electron chi connectivity index (χ1n) is 14.5. The number of carbonyl (C=O) groups excluding carboxylic acids is 2. The highest BCUT2D eigenvalue weighted by Gasteiger charge is 2.26. The summed E-state index contributed by atoms with van der Waals surface area (Å²) in [5.74, 6) is 0. The van der Waals surface area contributed by atoms with Crippen LogP contribution in [0.1, 0.15) is 71.1 Å². The van der Waals surface area contributed by atoms with Gasteiger partial charge in [0.1, 0.15) is 0 Å². The fourth-order valence-corrected chi connectivity index (χ4v) is 4.37. The molecular weight excluding hydrogens is 456 g/mol. The molecule has 0 aromatic heterocycles. The van der Waals surface area contributed by atoms with E-state index in [4.69, 9.17) is 11.5 Å². The van der Waals surface area contributed by atoms with Gasteiger partial charge < -0.3 is 42.1 Å². The summed E-state index contributed by atoms with van der Waals surface area (Å²) in [6.45, 7) is 13.4. The summed E-state index contributed by atoms with van der Waals surface area (Å²) in [6.07, 6.45) is 12.3. The fraction of sp³-hybridized carbons (Fsp3) is 0.923. The van der Waals surface area contributed by atoms with Crippen LogP contribution >= 0.6 is 0 Å². The van der Waals surface area contributed by atoms with Crippen molar-refractivity contribution in [1.29, 1.82) is 0 Å². The van der Waals surface area contributed by atoms with E-state index in [1.165, 1.54) is 44.9 Å². The Hall–Kier alpha value is -1.62. The van der Waals surface area contributed by atoms with E-state index >= 15 is 0 Å². The predicted octanol–water partition coefficient (Wildman–Crippen LogP) is 1.75. The quantitative estimate of drug-likeness (QED) is 0.149. The van der Waals surface area contributed by atoms with Crippen LogP contribution in [0.4, 0.5) is 9.59 Å². The number of nitrogens with zero attached hydrogens (tertiary/aromatic N) is 3. The molecule has 0 spiro atoms. The Morgan fingerprint density at radius 2 is 1.28 bits per heavy atom. The first-order chi connectivity index (χ1) is 17.6. The molecule has 2 aliphatic heterocycles. The van der Waals surface area contributed by atoms with Gasteiger partial charge in [0.15, 0.2) is 0 Å². The molecule has 4 amide bonds. The molecule has 2 rings (SSSR count). The molecule has 2 heterocycles. The molecule has 0 bridgehead atoms. The third kappa shape index (κ3) is 15.5. The number of unbranched alkanes of at least 4 members (excludes halogenated alkanes) is 7. The van der Waals surface area contributed by atoms with Crippen LogP contribution in [0.15, 0.2) is 0 Å². The zero-order valence-electron chi connectivity index (χ0n) is 23.1. The second kappa shape index (κ2) is 22.6. The van der Waals surface area contributed by atoms with E-state index in [-0.39, 0.29) is 12.1 Å². The van der Waals surface area contributed by atoms with E-state index in [2.05, 4.69) is 22.9 Å². The second-order valence-electron chi connectivity index (χ2n) is 9.73. The summed E-state index contributed by atoms with van der Waals surface area (Å²) in [7, 11) is 0. The Bertz CT molecular complexity index is 552. The van der Waals surface area contributed by atoms with Crippen molar-refractivity contribution in [3.63, 3.8) is 0 Å². The van der Waals surface area contributed by atoms with Crippen LogP contribution in [0.5, 0.6) is 0 Å². The molecule has 0 saturated carbocycles. The number of nitrogens with one attached hydrogen (secondary N) is 3. The first-order valence-corrected chi connectivity index (χ1v) is 14.5. The van der Waals surface area contributed by atoms with Gasteiger partial charge in [0.25, 0.3) is 0 Å². The molecular formula is C26H56N8O2. The molecule has 2 fully saturated rings. The minimum atomic E-state index is 0.115. The lowest BCUT2D eigenvalue weighted by molar-refractivity contribution is 0.193. The van der Waals surface area contributed by atoms with Crippen molar-refractivity contribution in [2.24, 2.45) is 11.5 Å². The highest BCUT2D eigenvalue weighted by Crippen LogP contribution is 2.07. The van der Waals surface area contributed by atoms with E-state index in [0.29, 0.717) is 13.1 Å².